The van der Waals surface area contributed by atoms with Crippen LogP contribution in [0.15, 0.2) is 66.7 Å². The highest BCUT2D eigenvalue weighted by atomic mass is 19.1. The van der Waals surface area contributed by atoms with Gasteiger partial charge in [0.15, 0.2) is 5.82 Å². The molecule has 37 heavy (non-hydrogen) atoms. The summed E-state index contributed by atoms with van der Waals surface area (Å²) in [6.07, 6.45) is 0.253. The molecule has 4 aromatic rings. The highest BCUT2D eigenvalue weighted by Crippen LogP contribution is 2.45. The molecule has 3 heterocycles. The van der Waals surface area contributed by atoms with Crippen molar-refractivity contribution in [2.45, 2.75) is 25.3 Å². The molecule has 0 radical (unpaired) electrons. The lowest BCUT2D eigenvalue weighted by Gasteiger charge is -2.24. The largest absolute Gasteiger partial charge is 0.346 e. The van der Waals surface area contributed by atoms with Crippen LogP contribution in [0, 0.1) is 11.6 Å². The number of nitrogens with zero attached hydrogens (tertiary/aromatic N) is 3. The minimum absolute atomic E-state index is 0.0108. The maximum atomic E-state index is 14.5. The van der Waals surface area contributed by atoms with Gasteiger partial charge >= 0.3 is 0 Å². The maximum absolute atomic E-state index is 14.5. The molecule has 3 aromatic carbocycles. The second kappa shape index (κ2) is 8.30. The Balaban J connectivity index is 1.38. The second-order valence-electron chi connectivity index (χ2n) is 9.47. The quantitative estimate of drug-likeness (QED) is 0.450. The lowest BCUT2D eigenvalue weighted by Crippen LogP contribution is -2.37. The second-order valence-corrected chi connectivity index (χ2v) is 9.47. The van der Waals surface area contributed by atoms with E-state index in [1.54, 1.807) is 11.9 Å². The van der Waals surface area contributed by atoms with Crippen LogP contribution in [0.3, 0.4) is 0 Å². The van der Waals surface area contributed by atoms with Gasteiger partial charge in [-0.3, -0.25) is 9.59 Å². The molecule has 0 fully saturated rings. The number of likely N-dealkylation sites (N-methyl/N-ethyl adjacent to an activating group) is 1. The molecular formula is C29H22F2N4O2. The molecule has 0 aliphatic carbocycles. The molecule has 2 amide bonds. The number of hydrogen-bond acceptors (Lipinski definition) is 4. The van der Waals surface area contributed by atoms with E-state index in [1.165, 1.54) is 6.07 Å². The Kier molecular flexibility index (Phi) is 5.15. The summed E-state index contributed by atoms with van der Waals surface area (Å²) in [4.78, 5) is 36.2. The highest BCUT2D eigenvalue weighted by Gasteiger charge is 2.47. The van der Waals surface area contributed by atoms with Crippen molar-refractivity contribution in [3.8, 4) is 11.4 Å². The number of para-hydroxylation sites is 1. The lowest BCUT2D eigenvalue weighted by atomic mass is 9.77. The molecule has 1 unspecified atom stereocenters. The molecule has 0 saturated carbocycles. The number of fused-ring (bicyclic) bond motifs is 2. The van der Waals surface area contributed by atoms with E-state index in [0.717, 1.165) is 34.5 Å². The molecule has 0 saturated heterocycles. The summed E-state index contributed by atoms with van der Waals surface area (Å²) in [7, 11) is 1.78. The number of anilines is 1. The first-order valence-electron chi connectivity index (χ1n) is 11.9. The van der Waals surface area contributed by atoms with E-state index >= 15 is 0 Å². The van der Waals surface area contributed by atoms with Crippen LogP contribution in [-0.2, 0) is 23.2 Å². The van der Waals surface area contributed by atoms with Crippen LogP contribution in [0.1, 0.15) is 45.4 Å². The van der Waals surface area contributed by atoms with Crippen molar-refractivity contribution >= 4 is 17.5 Å². The molecule has 1 atom stereocenters. The summed E-state index contributed by atoms with van der Waals surface area (Å²) in [5.41, 5.74) is 3.49. The average molecular weight is 497 g/mol. The third-order valence-electron chi connectivity index (χ3n) is 7.33. The van der Waals surface area contributed by atoms with Gasteiger partial charge in [-0.15, -0.1) is 0 Å². The van der Waals surface area contributed by atoms with E-state index in [0.29, 0.717) is 17.0 Å². The fraction of sp³-hybridized carbons (Fsp3) is 0.172. The third kappa shape index (κ3) is 3.43. The van der Waals surface area contributed by atoms with Crippen LogP contribution in [0.4, 0.5) is 14.5 Å². The SMILES string of the molecule is CN1C(=O)C(C)(c2ccc(Cc3nc(-c4c(F)cccc4F)nc4c3C(=O)NC4)cc2)c2ccccc21. The fourth-order valence-corrected chi connectivity index (χ4v) is 5.33. The third-order valence-corrected chi connectivity index (χ3v) is 7.33. The van der Waals surface area contributed by atoms with Crippen molar-refractivity contribution in [3.63, 3.8) is 0 Å². The van der Waals surface area contributed by atoms with Crippen molar-refractivity contribution in [2.75, 3.05) is 11.9 Å². The van der Waals surface area contributed by atoms with Crippen LogP contribution in [0.5, 0.6) is 0 Å². The van der Waals surface area contributed by atoms with Gasteiger partial charge in [-0.1, -0.05) is 48.5 Å². The molecular weight excluding hydrogens is 474 g/mol. The zero-order valence-corrected chi connectivity index (χ0v) is 20.2. The van der Waals surface area contributed by atoms with Crippen molar-refractivity contribution in [1.82, 2.24) is 15.3 Å². The van der Waals surface area contributed by atoms with Crippen molar-refractivity contribution in [2.24, 2.45) is 0 Å². The Labute approximate surface area is 212 Å². The van der Waals surface area contributed by atoms with Gasteiger partial charge in [0, 0.05) is 19.2 Å². The van der Waals surface area contributed by atoms with E-state index in [4.69, 9.17) is 0 Å². The first-order valence-corrected chi connectivity index (χ1v) is 11.9. The minimum atomic E-state index is -0.824. The van der Waals surface area contributed by atoms with Gasteiger partial charge in [0.25, 0.3) is 5.91 Å². The van der Waals surface area contributed by atoms with E-state index < -0.39 is 17.0 Å². The van der Waals surface area contributed by atoms with Gasteiger partial charge in [0.05, 0.1) is 34.5 Å². The van der Waals surface area contributed by atoms with Gasteiger partial charge in [0.2, 0.25) is 5.91 Å². The Bertz CT molecular complexity index is 1580. The standard InChI is InChI=1S/C29H22F2N4O2/c1-29(18-6-3-4-9-23(18)35(2)28(29)37)17-12-10-16(11-13-17)14-21-25-22(15-32-27(25)36)34-26(33-21)24-19(30)7-5-8-20(24)31/h3-13H,14-15H2,1-2H3,(H,32,36). The predicted molar refractivity (Wildman–Crippen MR) is 134 cm³/mol. The lowest BCUT2D eigenvalue weighted by molar-refractivity contribution is -0.121. The van der Waals surface area contributed by atoms with Gasteiger partial charge in [-0.05, 0) is 41.8 Å². The van der Waals surface area contributed by atoms with E-state index in [2.05, 4.69) is 15.3 Å². The minimum Gasteiger partial charge on any atom is -0.346 e. The number of nitrogens with one attached hydrogen (secondary N) is 1. The number of amides is 2. The molecule has 6 nitrogen and oxygen atoms in total. The van der Waals surface area contributed by atoms with E-state index in [9.17, 15) is 18.4 Å². The Hall–Kier alpha value is -4.46. The Morgan fingerprint density at radius 2 is 1.62 bits per heavy atom. The predicted octanol–water partition coefficient (Wildman–Crippen LogP) is 4.54. The van der Waals surface area contributed by atoms with Crippen molar-refractivity contribution < 1.29 is 18.4 Å². The molecule has 8 heteroatoms. The Morgan fingerprint density at radius 3 is 2.35 bits per heavy atom. The number of rotatable bonds is 4. The molecule has 6 rings (SSSR count). The van der Waals surface area contributed by atoms with Gasteiger partial charge in [-0.2, -0.15) is 0 Å². The van der Waals surface area contributed by atoms with Crippen LogP contribution in [-0.4, -0.2) is 28.8 Å². The molecule has 0 spiro atoms. The van der Waals surface area contributed by atoms with E-state index in [-0.39, 0.29) is 36.2 Å². The van der Waals surface area contributed by atoms with Crippen LogP contribution < -0.4 is 10.2 Å². The zero-order valence-electron chi connectivity index (χ0n) is 20.2. The van der Waals surface area contributed by atoms with Crippen LogP contribution in [0.25, 0.3) is 11.4 Å². The normalized spacial score (nSPS) is 18.1. The van der Waals surface area contributed by atoms with Crippen LogP contribution in [0.2, 0.25) is 0 Å². The molecule has 0 bridgehead atoms. The number of aromatic nitrogens is 2. The zero-order chi connectivity index (χ0) is 25.9. The summed E-state index contributed by atoms with van der Waals surface area (Å²) in [5.74, 6) is -1.96. The van der Waals surface area contributed by atoms with Gasteiger partial charge in [0.1, 0.15) is 11.6 Å². The van der Waals surface area contributed by atoms with Crippen LogP contribution >= 0.6 is 0 Å². The summed E-state index contributed by atoms with van der Waals surface area (Å²) >= 11 is 0. The van der Waals surface area contributed by atoms with Crippen molar-refractivity contribution in [3.05, 3.63) is 112 Å². The van der Waals surface area contributed by atoms with E-state index in [1.807, 2.05) is 55.5 Å². The summed E-state index contributed by atoms with van der Waals surface area (Å²) in [5, 5.41) is 2.72. The van der Waals surface area contributed by atoms with Crippen molar-refractivity contribution in [1.29, 1.82) is 0 Å². The molecule has 2 aliphatic heterocycles. The number of halogens is 2. The maximum Gasteiger partial charge on any atom is 0.255 e. The summed E-state index contributed by atoms with van der Waals surface area (Å²) in [6.45, 7) is 2.09. The molecule has 1 N–H and O–H groups in total. The smallest absolute Gasteiger partial charge is 0.255 e. The fourth-order valence-electron chi connectivity index (χ4n) is 5.33. The Morgan fingerprint density at radius 1 is 0.919 bits per heavy atom. The number of carbonyl (C=O) groups excluding carboxylic acids is 2. The first-order chi connectivity index (χ1) is 17.8. The highest BCUT2D eigenvalue weighted by molar-refractivity contribution is 6.09. The molecule has 2 aliphatic rings. The average Bonchev–Trinajstić information content (AvgIpc) is 3.36. The number of carbonyl (C=O) groups is 2. The molecule has 1 aromatic heterocycles. The molecule has 184 valence electrons. The summed E-state index contributed by atoms with van der Waals surface area (Å²) in [6, 6.07) is 18.9. The van der Waals surface area contributed by atoms with Gasteiger partial charge < -0.3 is 10.2 Å². The van der Waals surface area contributed by atoms with Gasteiger partial charge in [-0.25, -0.2) is 18.7 Å². The topological polar surface area (TPSA) is 75.2 Å². The summed E-state index contributed by atoms with van der Waals surface area (Å²) < 4.78 is 29.0. The monoisotopic (exact) mass is 496 g/mol. The first kappa shape index (κ1) is 23.0. The number of benzene rings is 3. The number of hydrogen-bond donors (Lipinski definition) is 1.